The fourth-order valence-electron chi connectivity index (χ4n) is 1.42. The van der Waals surface area contributed by atoms with Gasteiger partial charge in [0.1, 0.15) is 6.54 Å². The normalized spacial score (nSPS) is 9.61. The van der Waals surface area contributed by atoms with Gasteiger partial charge in [0.2, 0.25) is 0 Å². The number of carboxylic acid groups (broad SMARTS) is 1. The first-order valence-corrected chi connectivity index (χ1v) is 5.46. The summed E-state index contributed by atoms with van der Waals surface area (Å²) in [5, 5.41) is 12.7. The Labute approximate surface area is 105 Å². The maximum Gasteiger partial charge on any atom is 0.338 e. The smallest absolute Gasteiger partial charge is 0.338 e. The molecule has 0 aliphatic heterocycles. The fourth-order valence-corrected chi connectivity index (χ4v) is 1.42. The second-order valence-electron chi connectivity index (χ2n) is 3.90. The molecule has 1 aromatic heterocycles. The number of carbonyl (C=O) groups is 1. The molecule has 18 heavy (non-hydrogen) atoms. The molecule has 90 valence electrons. The molecule has 0 saturated heterocycles. The van der Waals surface area contributed by atoms with Crippen molar-refractivity contribution in [3.05, 3.63) is 53.3 Å². The zero-order valence-electron chi connectivity index (χ0n) is 9.92. The van der Waals surface area contributed by atoms with Crippen LogP contribution in [-0.4, -0.2) is 20.9 Å². The van der Waals surface area contributed by atoms with Gasteiger partial charge in [-0.2, -0.15) is 5.10 Å². The number of aromatic carboxylic acids is 1. The van der Waals surface area contributed by atoms with Crippen LogP contribution in [0.5, 0.6) is 0 Å². The van der Waals surface area contributed by atoms with Gasteiger partial charge in [0.05, 0.1) is 11.8 Å². The summed E-state index contributed by atoms with van der Waals surface area (Å²) in [4.78, 5) is 10.7. The summed E-state index contributed by atoms with van der Waals surface area (Å²) in [6.45, 7) is 2.40. The van der Waals surface area contributed by atoms with Crippen LogP contribution in [-0.2, 0) is 6.54 Å². The van der Waals surface area contributed by atoms with Crippen molar-refractivity contribution >= 4 is 5.97 Å². The van der Waals surface area contributed by atoms with Gasteiger partial charge in [-0.25, -0.2) is 4.79 Å². The van der Waals surface area contributed by atoms with Gasteiger partial charge in [0.25, 0.3) is 0 Å². The summed E-state index contributed by atoms with van der Waals surface area (Å²) in [5.74, 6) is 4.97. The Bertz CT molecular complexity index is 615. The first-order chi connectivity index (χ1) is 8.65. The second kappa shape index (κ2) is 5.19. The van der Waals surface area contributed by atoms with E-state index in [0.717, 1.165) is 5.56 Å². The predicted molar refractivity (Wildman–Crippen MR) is 67.2 cm³/mol. The zero-order valence-corrected chi connectivity index (χ0v) is 9.92. The first-order valence-electron chi connectivity index (χ1n) is 5.46. The molecule has 0 aliphatic carbocycles. The van der Waals surface area contributed by atoms with Crippen LogP contribution in [0.25, 0.3) is 0 Å². The number of aromatic nitrogens is 2. The molecular formula is C14H12N2O2. The van der Waals surface area contributed by atoms with Gasteiger partial charge < -0.3 is 5.11 Å². The zero-order chi connectivity index (χ0) is 13.0. The third-order valence-electron chi connectivity index (χ3n) is 2.41. The molecule has 0 fully saturated rings. The molecule has 0 unspecified atom stereocenters. The van der Waals surface area contributed by atoms with Crippen LogP contribution in [0.1, 0.15) is 21.5 Å². The molecule has 1 heterocycles. The van der Waals surface area contributed by atoms with E-state index in [4.69, 9.17) is 5.11 Å². The number of hydrogen-bond donors (Lipinski definition) is 1. The van der Waals surface area contributed by atoms with E-state index in [1.807, 2.05) is 31.2 Å². The maximum atomic E-state index is 10.7. The van der Waals surface area contributed by atoms with E-state index in [-0.39, 0.29) is 5.56 Å². The Balaban J connectivity index is 2.03. The van der Waals surface area contributed by atoms with Crippen LogP contribution in [0.15, 0.2) is 36.7 Å². The predicted octanol–water partition coefficient (Wildman–Crippen LogP) is 1.94. The Morgan fingerprint density at radius 2 is 2.11 bits per heavy atom. The van der Waals surface area contributed by atoms with Crippen molar-refractivity contribution in [2.45, 2.75) is 13.5 Å². The molecule has 0 bridgehead atoms. The number of nitrogens with zero attached hydrogens (tertiary/aromatic N) is 2. The van der Waals surface area contributed by atoms with Crippen LogP contribution in [0, 0.1) is 18.8 Å². The molecule has 1 N–H and O–H groups in total. The van der Waals surface area contributed by atoms with Crippen LogP contribution in [0.3, 0.4) is 0 Å². The van der Waals surface area contributed by atoms with Crippen molar-refractivity contribution in [1.29, 1.82) is 0 Å². The molecule has 0 saturated carbocycles. The number of benzene rings is 1. The average molecular weight is 240 g/mol. The van der Waals surface area contributed by atoms with Crippen molar-refractivity contribution in [3.8, 4) is 11.8 Å². The minimum Gasteiger partial charge on any atom is -0.478 e. The number of carboxylic acids is 1. The molecule has 0 spiro atoms. The van der Waals surface area contributed by atoms with Crippen molar-refractivity contribution < 1.29 is 9.90 Å². The molecule has 4 heteroatoms. The van der Waals surface area contributed by atoms with Crippen LogP contribution in [0.2, 0.25) is 0 Å². The lowest BCUT2D eigenvalue weighted by Gasteiger charge is -1.93. The lowest BCUT2D eigenvalue weighted by Crippen LogP contribution is -1.96. The standard InChI is InChI=1S/C14H12N2O2/c1-11-4-6-12(7-5-11)3-2-8-16-10-13(9-15-16)14(17)18/h4-7,9-10H,8H2,1H3,(H,17,18). The summed E-state index contributed by atoms with van der Waals surface area (Å²) in [6.07, 6.45) is 2.78. The fraction of sp³-hybridized carbons (Fsp3) is 0.143. The largest absolute Gasteiger partial charge is 0.478 e. The van der Waals surface area contributed by atoms with E-state index in [2.05, 4.69) is 16.9 Å². The van der Waals surface area contributed by atoms with Crippen molar-refractivity contribution in [2.75, 3.05) is 0 Å². The number of hydrogen-bond acceptors (Lipinski definition) is 2. The maximum absolute atomic E-state index is 10.7. The molecule has 0 amide bonds. The summed E-state index contributed by atoms with van der Waals surface area (Å²) in [7, 11) is 0. The summed E-state index contributed by atoms with van der Waals surface area (Å²) in [6, 6.07) is 7.91. The topological polar surface area (TPSA) is 55.1 Å². The Hall–Kier alpha value is -2.54. The van der Waals surface area contributed by atoms with Gasteiger partial charge in [-0.15, -0.1) is 0 Å². The van der Waals surface area contributed by atoms with Gasteiger partial charge >= 0.3 is 5.97 Å². The Morgan fingerprint density at radius 3 is 2.72 bits per heavy atom. The van der Waals surface area contributed by atoms with Crippen molar-refractivity contribution in [3.63, 3.8) is 0 Å². The number of rotatable bonds is 2. The third-order valence-corrected chi connectivity index (χ3v) is 2.41. The summed E-state index contributed by atoms with van der Waals surface area (Å²) < 4.78 is 1.50. The molecule has 0 aliphatic rings. The van der Waals surface area contributed by atoms with Crippen molar-refractivity contribution in [2.24, 2.45) is 0 Å². The van der Waals surface area contributed by atoms with Crippen LogP contribution < -0.4 is 0 Å². The molecule has 2 rings (SSSR count). The van der Waals surface area contributed by atoms with E-state index in [1.165, 1.54) is 22.6 Å². The Morgan fingerprint density at radius 1 is 1.39 bits per heavy atom. The highest BCUT2D eigenvalue weighted by molar-refractivity contribution is 5.86. The van der Waals surface area contributed by atoms with E-state index >= 15 is 0 Å². The Kier molecular flexibility index (Phi) is 3.44. The van der Waals surface area contributed by atoms with Gasteiger partial charge in [0.15, 0.2) is 0 Å². The average Bonchev–Trinajstić information content (AvgIpc) is 2.81. The monoisotopic (exact) mass is 240 g/mol. The minimum absolute atomic E-state index is 0.173. The SMILES string of the molecule is Cc1ccc(C#CCn2cc(C(=O)O)cn2)cc1. The van der Waals surface area contributed by atoms with E-state index in [1.54, 1.807) is 0 Å². The van der Waals surface area contributed by atoms with Gasteiger partial charge in [0, 0.05) is 11.8 Å². The molecular weight excluding hydrogens is 228 g/mol. The van der Waals surface area contributed by atoms with Crippen LogP contribution >= 0.6 is 0 Å². The van der Waals surface area contributed by atoms with E-state index in [9.17, 15) is 4.79 Å². The van der Waals surface area contributed by atoms with Crippen LogP contribution in [0.4, 0.5) is 0 Å². The highest BCUT2D eigenvalue weighted by atomic mass is 16.4. The molecule has 4 nitrogen and oxygen atoms in total. The molecule has 2 aromatic rings. The number of aryl methyl sites for hydroxylation is 1. The summed E-state index contributed by atoms with van der Waals surface area (Å²) >= 11 is 0. The third kappa shape index (κ3) is 2.98. The van der Waals surface area contributed by atoms with E-state index < -0.39 is 5.97 Å². The minimum atomic E-state index is -0.979. The molecule has 1 aromatic carbocycles. The first kappa shape index (κ1) is 11.9. The lowest BCUT2D eigenvalue weighted by atomic mass is 10.2. The quantitative estimate of drug-likeness (QED) is 0.816. The van der Waals surface area contributed by atoms with Gasteiger partial charge in [-0.3, -0.25) is 4.68 Å². The highest BCUT2D eigenvalue weighted by Gasteiger charge is 2.04. The lowest BCUT2D eigenvalue weighted by molar-refractivity contribution is 0.0697. The van der Waals surface area contributed by atoms with Crippen molar-refractivity contribution in [1.82, 2.24) is 9.78 Å². The summed E-state index contributed by atoms with van der Waals surface area (Å²) in [5.41, 5.74) is 2.30. The molecule has 0 atom stereocenters. The van der Waals surface area contributed by atoms with E-state index in [0.29, 0.717) is 6.54 Å². The molecule has 0 radical (unpaired) electrons. The van der Waals surface area contributed by atoms with Gasteiger partial charge in [-0.05, 0) is 19.1 Å². The second-order valence-corrected chi connectivity index (χ2v) is 3.90. The van der Waals surface area contributed by atoms with Gasteiger partial charge in [-0.1, -0.05) is 29.5 Å². The highest BCUT2D eigenvalue weighted by Crippen LogP contribution is 2.01.